The molecule has 4 nitrogen and oxygen atoms in total. The van der Waals surface area contributed by atoms with E-state index in [1.54, 1.807) is 0 Å². The van der Waals surface area contributed by atoms with Crippen LogP contribution < -0.4 is 4.74 Å². The van der Waals surface area contributed by atoms with Crippen molar-refractivity contribution in [3.63, 3.8) is 0 Å². The summed E-state index contributed by atoms with van der Waals surface area (Å²) in [5, 5.41) is 0. The van der Waals surface area contributed by atoms with Gasteiger partial charge in [0.05, 0.1) is 18.6 Å². The maximum atomic E-state index is 12.8. The Balaban J connectivity index is 1.60. The van der Waals surface area contributed by atoms with Crippen molar-refractivity contribution >= 4 is 29.6 Å². The smallest absolute Gasteiger partial charge is 0.305 e. The van der Waals surface area contributed by atoms with E-state index in [0.29, 0.717) is 23.3 Å². The fourth-order valence-electron chi connectivity index (χ4n) is 3.27. The molecule has 0 saturated carbocycles. The predicted octanol–water partition coefficient (Wildman–Crippen LogP) is 6.08. The van der Waals surface area contributed by atoms with E-state index in [0.717, 1.165) is 34.8 Å². The molecule has 2 aromatic carbocycles. The molecule has 2 aromatic rings. The van der Waals surface area contributed by atoms with Crippen LogP contribution in [0.2, 0.25) is 0 Å². The van der Waals surface area contributed by atoms with Gasteiger partial charge in [-0.1, -0.05) is 56.1 Å². The van der Waals surface area contributed by atoms with E-state index in [1.807, 2.05) is 48.5 Å². The molecule has 5 heteroatoms. The minimum Gasteiger partial charge on any atom is -0.494 e. The molecule has 0 atom stereocenters. The van der Waals surface area contributed by atoms with Gasteiger partial charge in [-0.15, -0.1) is 0 Å². The Bertz CT molecular complexity index is 915. The Hall–Kier alpha value is -2.53. The number of Topliss-reactive ketones (excluding diaryl/α,β-unsaturated/α-hetero) is 1. The Morgan fingerprint density at radius 1 is 1.07 bits per heavy atom. The lowest BCUT2D eigenvalue weighted by molar-refractivity contribution is -0.140. The van der Waals surface area contributed by atoms with Crippen LogP contribution in [0.25, 0.3) is 6.08 Å². The lowest BCUT2D eigenvalue weighted by Gasteiger charge is -2.06. The van der Waals surface area contributed by atoms with Crippen LogP contribution in [-0.2, 0) is 16.0 Å². The summed E-state index contributed by atoms with van der Waals surface area (Å²) in [4.78, 5) is 25.9. The van der Waals surface area contributed by atoms with Crippen LogP contribution in [0.3, 0.4) is 0 Å². The third kappa shape index (κ3) is 5.99. The maximum Gasteiger partial charge on any atom is 0.305 e. The number of carbonyl (C=O) groups excluding carboxylic acids is 2. The van der Waals surface area contributed by atoms with E-state index in [4.69, 9.17) is 4.74 Å². The number of thioether (sulfide) groups is 1. The average Bonchev–Trinajstić information content (AvgIpc) is 3.07. The van der Waals surface area contributed by atoms with Crippen molar-refractivity contribution in [2.24, 2.45) is 0 Å². The standard InChI is InChI=1S/C25H28O4S/c1-3-4-5-6-15-29-20-11-7-19(8-12-20)17-23-25(27)21-16-18(9-13-22(21)30-23)10-14-24(26)28-2/h7-9,11-13,16-17H,3-6,10,14-15H2,1-2H3/b23-17-. The van der Waals surface area contributed by atoms with Crippen molar-refractivity contribution in [2.75, 3.05) is 13.7 Å². The van der Waals surface area contributed by atoms with Gasteiger partial charge in [-0.25, -0.2) is 0 Å². The van der Waals surface area contributed by atoms with Crippen LogP contribution in [-0.4, -0.2) is 25.5 Å². The largest absolute Gasteiger partial charge is 0.494 e. The SMILES string of the molecule is CCCCCCOc1ccc(/C=C2\Sc3ccc(CCC(=O)OC)cc3C2=O)cc1. The lowest BCUT2D eigenvalue weighted by Crippen LogP contribution is -2.02. The molecular formula is C25H28O4S. The van der Waals surface area contributed by atoms with Crippen molar-refractivity contribution in [3.8, 4) is 5.75 Å². The molecule has 0 N–H and O–H groups in total. The summed E-state index contributed by atoms with van der Waals surface area (Å²) in [7, 11) is 1.38. The Labute approximate surface area is 182 Å². The van der Waals surface area contributed by atoms with Gasteiger partial charge in [0.15, 0.2) is 0 Å². The average molecular weight is 425 g/mol. The molecule has 1 aliphatic rings. The highest BCUT2D eigenvalue weighted by atomic mass is 32.2. The van der Waals surface area contributed by atoms with Crippen molar-refractivity contribution < 1.29 is 19.1 Å². The number of allylic oxidation sites excluding steroid dienone is 1. The normalized spacial score (nSPS) is 14.1. The molecule has 0 aromatic heterocycles. The minimum absolute atomic E-state index is 0.0335. The number of ketones is 1. The summed E-state index contributed by atoms with van der Waals surface area (Å²) in [6, 6.07) is 13.7. The van der Waals surface area contributed by atoms with E-state index < -0.39 is 0 Å². The Morgan fingerprint density at radius 3 is 2.60 bits per heavy atom. The summed E-state index contributed by atoms with van der Waals surface area (Å²) in [5.41, 5.74) is 2.65. The quantitative estimate of drug-likeness (QED) is 0.263. The second-order valence-electron chi connectivity index (χ2n) is 7.32. The zero-order valence-electron chi connectivity index (χ0n) is 17.6. The predicted molar refractivity (Wildman–Crippen MR) is 121 cm³/mol. The molecule has 0 spiro atoms. The molecule has 30 heavy (non-hydrogen) atoms. The van der Waals surface area contributed by atoms with Crippen molar-refractivity contribution in [3.05, 3.63) is 64.1 Å². The number of ether oxygens (including phenoxy) is 2. The summed E-state index contributed by atoms with van der Waals surface area (Å²) in [6.45, 7) is 2.94. The first-order chi connectivity index (χ1) is 14.6. The maximum absolute atomic E-state index is 12.8. The summed E-state index contributed by atoms with van der Waals surface area (Å²) < 4.78 is 10.5. The van der Waals surface area contributed by atoms with Crippen LogP contribution in [0, 0.1) is 0 Å². The first-order valence-electron chi connectivity index (χ1n) is 10.5. The van der Waals surface area contributed by atoms with E-state index in [9.17, 15) is 9.59 Å². The van der Waals surface area contributed by atoms with Crippen LogP contribution in [0.4, 0.5) is 0 Å². The number of hydrogen-bond donors (Lipinski definition) is 0. The summed E-state index contributed by atoms with van der Waals surface area (Å²) in [6.07, 6.45) is 7.54. The molecule has 3 rings (SSSR count). The number of carbonyl (C=O) groups is 2. The third-order valence-corrected chi connectivity index (χ3v) is 6.12. The fourth-order valence-corrected chi connectivity index (χ4v) is 4.30. The number of methoxy groups -OCH3 is 1. The van der Waals surface area contributed by atoms with Crippen LogP contribution in [0.15, 0.2) is 52.3 Å². The highest BCUT2D eigenvalue weighted by Crippen LogP contribution is 2.41. The van der Waals surface area contributed by atoms with Gasteiger partial charge < -0.3 is 9.47 Å². The zero-order chi connectivity index (χ0) is 21.3. The Morgan fingerprint density at radius 2 is 1.87 bits per heavy atom. The number of aryl methyl sites for hydroxylation is 1. The summed E-state index contributed by atoms with van der Waals surface area (Å²) >= 11 is 1.49. The van der Waals surface area contributed by atoms with Gasteiger partial charge in [-0.3, -0.25) is 9.59 Å². The van der Waals surface area contributed by atoms with E-state index in [1.165, 1.54) is 38.1 Å². The molecule has 0 bridgehead atoms. The highest BCUT2D eigenvalue weighted by Gasteiger charge is 2.26. The third-order valence-electron chi connectivity index (χ3n) is 5.02. The zero-order valence-corrected chi connectivity index (χ0v) is 18.4. The fraction of sp³-hybridized carbons (Fsp3) is 0.360. The molecular weight excluding hydrogens is 396 g/mol. The molecule has 0 amide bonds. The highest BCUT2D eigenvalue weighted by molar-refractivity contribution is 8.04. The monoisotopic (exact) mass is 424 g/mol. The van der Waals surface area contributed by atoms with E-state index in [2.05, 4.69) is 11.7 Å². The first kappa shape index (κ1) is 22.2. The number of rotatable bonds is 10. The molecule has 0 radical (unpaired) electrons. The van der Waals surface area contributed by atoms with Crippen LogP contribution in [0.5, 0.6) is 5.75 Å². The number of hydrogen-bond acceptors (Lipinski definition) is 5. The van der Waals surface area contributed by atoms with Crippen molar-refractivity contribution in [1.29, 1.82) is 0 Å². The molecule has 0 saturated heterocycles. The van der Waals surface area contributed by atoms with Gasteiger partial charge in [0.25, 0.3) is 0 Å². The van der Waals surface area contributed by atoms with Gasteiger partial charge in [0, 0.05) is 16.9 Å². The first-order valence-corrected chi connectivity index (χ1v) is 11.3. The van der Waals surface area contributed by atoms with E-state index in [-0.39, 0.29) is 11.8 Å². The molecule has 0 aliphatic carbocycles. The van der Waals surface area contributed by atoms with Gasteiger partial charge >= 0.3 is 5.97 Å². The molecule has 0 fully saturated rings. The number of unbranched alkanes of at least 4 members (excludes halogenated alkanes) is 3. The number of fused-ring (bicyclic) bond motifs is 1. The molecule has 0 unspecified atom stereocenters. The van der Waals surface area contributed by atoms with Gasteiger partial charge in [0.2, 0.25) is 5.78 Å². The van der Waals surface area contributed by atoms with Gasteiger partial charge in [-0.2, -0.15) is 0 Å². The minimum atomic E-state index is -0.245. The topological polar surface area (TPSA) is 52.6 Å². The second-order valence-corrected chi connectivity index (χ2v) is 8.41. The van der Waals surface area contributed by atoms with Crippen molar-refractivity contribution in [1.82, 2.24) is 0 Å². The van der Waals surface area contributed by atoms with Crippen molar-refractivity contribution in [2.45, 2.75) is 50.3 Å². The number of benzene rings is 2. The number of esters is 1. The van der Waals surface area contributed by atoms with Crippen LogP contribution in [0.1, 0.15) is 60.5 Å². The van der Waals surface area contributed by atoms with Crippen LogP contribution >= 0.6 is 11.8 Å². The van der Waals surface area contributed by atoms with Gasteiger partial charge in [-0.05, 0) is 54.3 Å². The van der Waals surface area contributed by atoms with Gasteiger partial charge in [0.1, 0.15) is 5.75 Å². The molecule has 1 heterocycles. The van der Waals surface area contributed by atoms with E-state index >= 15 is 0 Å². The Kier molecular flexibility index (Phi) is 8.14. The molecule has 1 aliphatic heterocycles. The second kappa shape index (κ2) is 11.0. The molecule has 158 valence electrons. The summed E-state index contributed by atoms with van der Waals surface area (Å²) in [5.74, 6) is 0.647. The lowest BCUT2D eigenvalue weighted by atomic mass is 10.0.